The number of nitrogens with two attached hydrogens (primary N) is 1. The third kappa shape index (κ3) is 3.83. The highest BCUT2D eigenvalue weighted by Crippen LogP contribution is 2.30. The standard InChI is InChI=1S/C17H21ClFN5/c18-14-3-1-4-15(19)16(14)13-11-21-17(22-12-13)24-9-7-23(8-10-24)6-2-5-20/h1,3-4,11-12H,2,5-10,20H2. The van der Waals surface area contributed by atoms with Crippen LogP contribution in [0.4, 0.5) is 10.3 Å². The van der Waals surface area contributed by atoms with Crippen LogP contribution in [-0.4, -0.2) is 54.1 Å². The second-order valence-corrected chi connectivity index (χ2v) is 6.25. The summed E-state index contributed by atoms with van der Waals surface area (Å²) in [5.41, 5.74) is 6.49. The summed E-state index contributed by atoms with van der Waals surface area (Å²) in [5, 5.41) is 0.361. The summed E-state index contributed by atoms with van der Waals surface area (Å²) in [6.45, 7) is 5.47. The molecule has 2 N–H and O–H groups in total. The van der Waals surface area contributed by atoms with Gasteiger partial charge in [0, 0.05) is 49.7 Å². The zero-order chi connectivity index (χ0) is 16.9. The van der Waals surface area contributed by atoms with Gasteiger partial charge in [-0.15, -0.1) is 0 Å². The second kappa shape index (κ2) is 7.88. The molecule has 0 unspecified atom stereocenters. The molecule has 3 rings (SSSR count). The van der Waals surface area contributed by atoms with Crippen molar-refractivity contribution in [3.8, 4) is 11.1 Å². The predicted octanol–water partition coefficient (Wildman–Crippen LogP) is 2.41. The summed E-state index contributed by atoms with van der Waals surface area (Å²) in [6, 6.07) is 4.63. The molecule has 1 aromatic heterocycles. The number of rotatable bonds is 5. The summed E-state index contributed by atoms with van der Waals surface area (Å²) >= 11 is 6.09. The molecule has 1 aliphatic rings. The Morgan fingerprint density at radius 3 is 2.46 bits per heavy atom. The number of hydrogen-bond acceptors (Lipinski definition) is 5. The molecule has 1 aromatic carbocycles. The lowest BCUT2D eigenvalue weighted by Gasteiger charge is -2.34. The van der Waals surface area contributed by atoms with Crippen LogP contribution in [0.3, 0.4) is 0 Å². The summed E-state index contributed by atoms with van der Waals surface area (Å²) in [4.78, 5) is 13.3. The van der Waals surface area contributed by atoms with Crippen molar-refractivity contribution in [2.24, 2.45) is 5.73 Å². The van der Waals surface area contributed by atoms with Gasteiger partial charge in [-0.2, -0.15) is 0 Å². The van der Waals surface area contributed by atoms with Crippen LogP contribution in [0.1, 0.15) is 6.42 Å². The Bertz CT molecular complexity index is 651. The molecule has 0 amide bonds. The number of anilines is 1. The van der Waals surface area contributed by atoms with Crippen molar-refractivity contribution in [3.63, 3.8) is 0 Å². The van der Waals surface area contributed by atoms with E-state index in [1.54, 1.807) is 24.5 Å². The van der Waals surface area contributed by atoms with E-state index in [0.29, 0.717) is 22.1 Å². The fourth-order valence-corrected chi connectivity index (χ4v) is 3.15. The van der Waals surface area contributed by atoms with E-state index in [1.165, 1.54) is 6.07 Å². The number of benzene rings is 1. The monoisotopic (exact) mass is 349 g/mol. The third-order valence-corrected chi connectivity index (χ3v) is 4.54. The van der Waals surface area contributed by atoms with Gasteiger partial charge in [-0.05, 0) is 31.6 Å². The lowest BCUT2D eigenvalue weighted by molar-refractivity contribution is 0.255. The van der Waals surface area contributed by atoms with E-state index in [4.69, 9.17) is 17.3 Å². The average molecular weight is 350 g/mol. The molecule has 1 aliphatic heterocycles. The van der Waals surface area contributed by atoms with Crippen LogP contribution >= 0.6 is 11.6 Å². The van der Waals surface area contributed by atoms with Gasteiger partial charge >= 0.3 is 0 Å². The molecule has 0 saturated carbocycles. The van der Waals surface area contributed by atoms with Crippen LogP contribution < -0.4 is 10.6 Å². The molecule has 7 heteroatoms. The number of halogens is 2. The number of nitrogens with zero attached hydrogens (tertiary/aromatic N) is 4. The third-order valence-electron chi connectivity index (χ3n) is 4.22. The molecule has 0 aliphatic carbocycles. The maximum Gasteiger partial charge on any atom is 0.225 e. The van der Waals surface area contributed by atoms with Gasteiger partial charge in [-0.3, -0.25) is 4.90 Å². The van der Waals surface area contributed by atoms with Crippen molar-refractivity contribution in [1.29, 1.82) is 0 Å². The quantitative estimate of drug-likeness (QED) is 0.898. The Morgan fingerprint density at radius 1 is 1.12 bits per heavy atom. The van der Waals surface area contributed by atoms with Crippen molar-refractivity contribution in [2.75, 3.05) is 44.2 Å². The first kappa shape index (κ1) is 17.1. The van der Waals surface area contributed by atoms with E-state index in [-0.39, 0.29) is 5.82 Å². The van der Waals surface area contributed by atoms with Gasteiger partial charge in [0.1, 0.15) is 5.82 Å². The Balaban J connectivity index is 1.68. The van der Waals surface area contributed by atoms with E-state index in [2.05, 4.69) is 19.8 Å². The normalized spacial score (nSPS) is 15.7. The molecule has 0 bridgehead atoms. The number of aromatic nitrogens is 2. The first-order chi connectivity index (χ1) is 11.7. The first-order valence-corrected chi connectivity index (χ1v) is 8.50. The minimum Gasteiger partial charge on any atom is -0.338 e. The van der Waals surface area contributed by atoms with E-state index in [0.717, 1.165) is 45.7 Å². The molecule has 2 aromatic rings. The molecule has 0 atom stereocenters. The number of hydrogen-bond donors (Lipinski definition) is 1. The van der Waals surface area contributed by atoms with Crippen LogP contribution in [0.25, 0.3) is 11.1 Å². The Kier molecular flexibility index (Phi) is 5.60. The van der Waals surface area contributed by atoms with E-state index >= 15 is 0 Å². The summed E-state index contributed by atoms with van der Waals surface area (Å²) in [6.07, 6.45) is 4.29. The van der Waals surface area contributed by atoms with Gasteiger partial charge in [0.2, 0.25) is 5.95 Å². The highest BCUT2D eigenvalue weighted by atomic mass is 35.5. The summed E-state index contributed by atoms with van der Waals surface area (Å²) in [7, 11) is 0. The lowest BCUT2D eigenvalue weighted by Crippen LogP contribution is -2.47. The molecule has 1 fully saturated rings. The first-order valence-electron chi connectivity index (χ1n) is 8.13. The van der Waals surface area contributed by atoms with Crippen LogP contribution in [-0.2, 0) is 0 Å². The highest BCUT2D eigenvalue weighted by Gasteiger charge is 2.19. The zero-order valence-corrected chi connectivity index (χ0v) is 14.2. The maximum atomic E-state index is 14.0. The average Bonchev–Trinajstić information content (AvgIpc) is 2.61. The molecule has 128 valence electrons. The molecule has 24 heavy (non-hydrogen) atoms. The van der Waals surface area contributed by atoms with Crippen molar-refractivity contribution >= 4 is 17.5 Å². The molecule has 0 radical (unpaired) electrons. The van der Waals surface area contributed by atoms with Gasteiger partial charge in [0.05, 0.1) is 5.02 Å². The molecule has 2 heterocycles. The Labute approximate surface area is 146 Å². The second-order valence-electron chi connectivity index (χ2n) is 5.84. The lowest BCUT2D eigenvalue weighted by atomic mass is 10.1. The fourth-order valence-electron chi connectivity index (χ4n) is 2.87. The highest BCUT2D eigenvalue weighted by molar-refractivity contribution is 6.33. The fraction of sp³-hybridized carbons (Fsp3) is 0.412. The van der Waals surface area contributed by atoms with Crippen LogP contribution in [0.15, 0.2) is 30.6 Å². The van der Waals surface area contributed by atoms with Gasteiger partial charge in [-0.1, -0.05) is 17.7 Å². The van der Waals surface area contributed by atoms with E-state index in [9.17, 15) is 4.39 Å². The minimum atomic E-state index is -0.368. The summed E-state index contributed by atoms with van der Waals surface area (Å²) < 4.78 is 14.0. The van der Waals surface area contributed by atoms with Crippen LogP contribution in [0.5, 0.6) is 0 Å². The van der Waals surface area contributed by atoms with Crippen molar-refractivity contribution in [2.45, 2.75) is 6.42 Å². The van der Waals surface area contributed by atoms with E-state index in [1.807, 2.05) is 0 Å². The van der Waals surface area contributed by atoms with Gasteiger partial charge in [-0.25, -0.2) is 14.4 Å². The Hall–Kier alpha value is -1.76. The van der Waals surface area contributed by atoms with Gasteiger partial charge in [0.25, 0.3) is 0 Å². The van der Waals surface area contributed by atoms with E-state index < -0.39 is 0 Å². The van der Waals surface area contributed by atoms with Crippen LogP contribution in [0.2, 0.25) is 5.02 Å². The minimum absolute atomic E-state index is 0.345. The largest absolute Gasteiger partial charge is 0.338 e. The zero-order valence-electron chi connectivity index (χ0n) is 13.5. The molecule has 1 saturated heterocycles. The molecule has 5 nitrogen and oxygen atoms in total. The molecular formula is C17H21ClFN5. The van der Waals surface area contributed by atoms with Crippen molar-refractivity contribution in [1.82, 2.24) is 14.9 Å². The molecular weight excluding hydrogens is 329 g/mol. The predicted molar refractivity (Wildman–Crippen MR) is 94.8 cm³/mol. The topological polar surface area (TPSA) is 58.3 Å². The summed E-state index contributed by atoms with van der Waals surface area (Å²) in [5.74, 6) is 0.303. The molecule has 0 spiro atoms. The van der Waals surface area contributed by atoms with Crippen LogP contribution in [0, 0.1) is 5.82 Å². The van der Waals surface area contributed by atoms with Gasteiger partial charge < -0.3 is 10.6 Å². The maximum absolute atomic E-state index is 14.0. The van der Waals surface area contributed by atoms with Crippen molar-refractivity contribution < 1.29 is 4.39 Å². The Morgan fingerprint density at radius 2 is 1.83 bits per heavy atom. The number of piperazine rings is 1. The SMILES string of the molecule is NCCCN1CCN(c2ncc(-c3c(F)cccc3Cl)cn2)CC1. The smallest absolute Gasteiger partial charge is 0.225 e. The van der Waals surface area contributed by atoms with Crippen molar-refractivity contribution in [3.05, 3.63) is 41.4 Å². The van der Waals surface area contributed by atoms with Gasteiger partial charge in [0.15, 0.2) is 0 Å².